The summed E-state index contributed by atoms with van der Waals surface area (Å²) in [7, 11) is 5.44. The molecule has 0 fully saturated rings. The number of aryl methyl sites for hydroxylation is 1. The Labute approximate surface area is 129 Å². The maximum absolute atomic E-state index is 12.3. The first-order valence-corrected chi connectivity index (χ1v) is 6.90. The molecule has 114 valence electrons. The van der Waals surface area contributed by atoms with Gasteiger partial charge in [-0.05, 0) is 19.1 Å². The van der Waals surface area contributed by atoms with Gasteiger partial charge in [0.25, 0.3) is 0 Å². The van der Waals surface area contributed by atoms with Gasteiger partial charge >= 0.3 is 5.97 Å². The molecule has 1 aromatic heterocycles. The van der Waals surface area contributed by atoms with Crippen molar-refractivity contribution < 1.29 is 9.53 Å². The molecule has 0 radical (unpaired) electrons. The summed E-state index contributed by atoms with van der Waals surface area (Å²) in [5.41, 5.74) is 2.06. The lowest BCUT2D eigenvalue weighted by Crippen LogP contribution is -2.11. The van der Waals surface area contributed by atoms with Crippen LogP contribution >= 0.6 is 0 Å². The topological polar surface area (TPSA) is 70.6 Å². The Morgan fingerprint density at radius 3 is 2.82 bits per heavy atom. The van der Waals surface area contributed by atoms with E-state index in [1.807, 2.05) is 20.2 Å². The Hall–Kier alpha value is -2.81. The molecule has 0 amide bonds. The number of benzene rings is 1. The van der Waals surface area contributed by atoms with E-state index < -0.39 is 5.97 Å². The SMILES string of the molecule is CCOC(=O)c1c(N=CN(C)C)c2c(C#N)cccc2n1C. The molecule has 0 saturated carbocycles. The van der Waals surface area contributed by atoms with Crippen LogP contribution in [0.3, 0.4) is 0 Å². The maximum atomic E-state index is 12.3. The van der Waals surface area contributed by atoms with E-state index in [2.05, 4.69) is 11.1 Å². The first-order valence-electron chi connectivity index (χ1n) is 6.90. The minimum absolute atomic E-state index is 0.280. The molecular weight excluding hydrogens is 280 g/mol. The largest absolute Gasteiger partial charge is 0.461 e. The third-order valence-electron chi connectivity index (χ3n) is 3.21. The second-order valence-corrected chi connectivity index (χ2v) is 5.00. The number of nitrogens with zero attached hydrogens (tertiary/aromatic N) is 4. The van der Waals surface area contributed by atoms with E-state index in [9.17, 15) is 10.1 Å². The quantitative estimate of drug-likeness (QED) is 0.494. The van der Waals surface area contributed by atoms with E-state index in [4.69, 9.17) is 4.74 Å². The van der Waals surface area contributed by atoms with Crippen LogP contribution < -0.4 is 0 Å². The first kappa shape index (κ1) is 15.6. The van der Waals surface area contributed by atoms with Crippen LogP contribution in [0.15, 0.2) is 23.2 Å². The van der Waals surface area contributed by atoms with Crippen molar-refractivity contribution >= 4 is 28.9 Å². The van der Waals surface area contributed by atoms with Gasteiger partial charge in [0.05, 0.1) is 30.1 Å². The molecule has 2 rings (SSSR count). The summed E-state index contributed by atoms with van der Waals surface area (Å²) in [6.07, 6.45) is 1.60. The number of aliphatic imine (C=N–C) groups is 1. The van der Waals surface area contributed by atoms with Crippen molar-refractivity contribution in [3.05, 3.63) is 29.5 Å². The molecule has 0 saturated heterocycles. The zero-order valence-corrected chi connectivity index (χ0v) is 13.1. The number of ether oxygens (including phenoxy) is 1. The minimum atomic E-state index is -0.448. The number of esters is 1. The van der Waals surface area contributed by atoms with E-state index >= 15 is 0 Å². The summed E-state index contributed by atoms with van der Waals surface area (Å²) in [4.78, 5) is 18.4. The lowest BCUT2D eigenvalue weighted by atomic mass is 10.1. The highest BCUT2D eigenvalue weighted by Gasteiger charge is 2.23. The Bertz CT molecular complexity index is 782. The molecule has 6 heteroatoms. The van der Waals surface area contributed by atoms with Gasteiger partial charge in [-0.1, -0.05) is 6.07 Å². The summed E-state index contributed by atoms with van der Waals surface area (Å²) in [6, 6.07) is 7.51. The van der Waals surface area contributed by atoms with Gasteiger partial charge in [-0.2, -0.15) is 5.26 Å². The van der Waals surface area contributed by atoms with E-state index in [0.717, 1.165) is 5.52 Å². The highest BCUT2D eigenvalue weighted by atomic mass is 16.5. The Morgan fingerprint density at radius 1 is 1.50 bits per heavy atom. The van der Waals surface area contributed by atoms with Crippen LogP contribution in [0.4, 0.5) is 5.69 Å². The zero-order valence-electron chi connectivity index (χ0n) is 13.1. The van der Waals surface area contributed by atoms with E-state index in [1.165, 1.54) is 0 Å². The molecule has 0 N–H and O–H groups in total. The number of aromatic nitrogens is 1. The Morgan fingerprint density at radius 2 is 2.23 bits per heavy atom. The van der Waals surface area contributed by atoms with Crippen molar-refractivity contribution in [2.45, 2.75) is 6.92 Å². The van der Waals surface area contributed by atoms with Crippen LogP contribution in [0, 0.1) is 11.3 Å². The van der Waals surface area contributed by atoms with Gasteiger partial charge < -0.3 is 14.2 Å². The fourth-order valence-corrected chi connectivity index (χ4v) is 2.29. The van der Waals surface area contributed by atoms with Crippen LogP contribution in [-0.4, -0.2) is 42.5 Å². The van der Waals surface area contributed by atoms with Crippen molar-refractivity contribution in [3.63, 3.8) is 0 Å². The number of carbonyl (C=O) groups is 1. The second-order valence-electron chi connectivity index (χ2n) is 5.00. The Balaban J connectivity index is 2.82. The smallest absolute Gasteiger partial charge is 0.357 e. The number of nitriles is 1. The van der Waals surface area contributed by atoms with E-state index in [1.54, 1.807) is 41.9 Å². The van der Waals surface area contributed by atoms with Crippen LogP contribution in [0.1, 0.15) is 23.0 Å². The van der Waals surface area contributed by atoms with Crippen molar-refractivity contribution in [3.8, 4) is 6.07 Å². The number of carbonyl (C=O) groups excluding carboxylic acids is 1. The minimum Gasteiger partial charge on any atom is -0.461 e. The average Bonchev–Trinajstić information content (AvgIpc) is 2.78. The van der Waals surface area contributed by atoms with Crippen LogP contribution in [0.25, 0.3) is 10.9 Å². The summed E-state index contributed by atoms with van der Waals surface area (Å²) in [5, 5.41) is 10.0. The predicted octanol–water partition coefficient (Wildman–Crippen LogP) is 2.45. The maximum Gasteiger partial charge on any atom is 0.357 e. The summed E-state index contributed by atoms with van der Waals surface area (Å²) in [5.74, 6) is -0.448. The summed E-state index contributed by atoms with van der Waals surface area (Å²) in [6.45, 7) is 2.03. The second kappa shape index (κ2) is 6.31. The highest BCUT2D eigenvalue weighted by molar-refractivity contribution is 6.08. The number of rotatable bonds is 4. The molecule has 1 heterocycles. The standard InChI is InChI=1S/C16H18N4O2/c1-5-22-16(21)15-14(18-10-19(2)3)13-11(9-17)7-6-8-12(13)20(15)4/h6-8,10H,5H2,1-4H3. The molecular formula is C16H18N4O2. The molecule has 0 bridgehead atoms. The zero-order chi connectivity index (χ0) is 16.3. The normalized spacial score (nSPS) is 10.9. The van der Waals surface area contributed by atoms with Gasteiger partial charge in [-0.3, -0.25) is 0 Å². The lowest BCUT2D eigenvalue weighted by molar-refractivity contribution is 0.0517. The van der Waals surface area contributed by atoms with Crippen molar-refractivity contribution in [2.75, 3.05) is 20.7 Å². The molecule has 22 heavy (non-hydrogen) atoms. The molecule has 0 aliphatic heterocycles. The van der Waals surface area contributed by atoms with Crippen LogP contribution in [-0.2, 0) is 11.8 Å². The van der Waals surface area contributed by atoms with Crippen molar-refractivity contribution in [1.82, 2.24) is 9.47 Å². The third kappa shape index (κ3) is 2.66. The monoisotopic (exact) mass is 298 g/mol. The van der Waals surface area contributed by atoms with E-state index in [0.29, 0.717) is 22.3 Å². The first-order chi connectivity index (χ1) is 10.5. The molecule has 0 atom stereocenters. The van der Waals surface area contributed by atoms with Gasteiger partial charge in [0.15, 0.2) is 5.69 Å². The predicted molar refractivity (Wildman–Crippen MR) is 85.4 cm³/mol. The number of hydrogen-bond acceptors (Lipinski definition) is 4. The molecule has 0 aliphatic rings. The third-order valence-corrected chi connectivity index (χ3v) is 3.21. The lowest BCUT2D eigenvalue weighted by Gasteiger charge is -2.06. The van der Waals surface area contributed by atoms with Gasteiger partial charge in [-0.15, -0.1) is 0 Å². The summed E-state index contributed by atoms with van der Waals surface area (Å²) >= 11 is 0. The van der Waals surface area contributed by atoms with Crippen molar-refractivity contribution in [2.24, 2.45) is 12.0 Å². The highest BCUT2D eigenvalue weighted by Crippen LogP contribution is 2.35. The van der Waals surface area contributed by atoms with Gasteiger partial charge in [0.2, 0.25) is 0 Å². The van der Waals surface area contributed by atoms with Gasteiger partial charge in [0, 0.05) is 26.5 Å². The Kier molecular flexibility index (Phi) is 4.47. The molecule has 0 aliphatic carbocycles. The van der Waals surface area contributed by atoms with Crippen LogP contribution in [0.2, 0.25) is 0 Å². The number of fused-ring (bicyclic) bond motifs is 1. The summed E-state index contributed by atoms with van der Waals surface area (Å²) < 4.78 is 6.85. The van der Waals surface area contributed by atoms with E-state index in [-0.39, 0.29) is 6.61 Å². The fraction of sp³-hybridized carbons (Fsp3) is 0.312. The average molecular weight is 298 g/mol. The van der Waals surface area contributed by atoms with Crippen molar-refractivity contribution in [1.29, 1.82) is 5.26 Å². The fourth-order valence-electron chi connectivity index (χ4n) is 2.29. The number of hydrogen-bond donors (Lipinski definition) is 0. The van der Waals surface area contributed by atoms with Gasteiger partial charge in [0.1, 0.15) is 5.69 Å². The molecule has 0 unspecified atom stereocenters. The van der Waals surface area contributed by atoms with Crippen LogP contribution in [0.5, 0.6) is 0 Å². The molecule has 1 aromatic carbocycles. The van der Waals surface area contributed by atoms with Gasteiger partial charge in [-0.25, -0.2) is 9.79 Å². The molecule has 2 aromatic rings. The molecule has 6 nitrogen and oxygen atoms in total. The molecule has 0 spiro atoms.